The Kier molecular flexibility index (Phi) is 5.50. The van der Waals surface area contributed by atoms with Crippen LogP contribution in [0.4, 0.5) is 0 Å². The lowest BCUT2D eigenvalue weighted by atomic mass is 9.81. The third kappa shape index (κ3) is 4.15. The molecule has 0 amide bonds. The van der Waals surface area contributed by atoms with Crippen molar-refractivity contribution in [1.82, 2.24) is 0 Å². The zero-order chi connectivity index (χ0) is 9.52. The van der Waals surface area contributed by atoms with Crippen LogP contribution in [-0.4, -0.2) is 0 Å². The van der Waals surface area contributed by atoms with Crippen LogP contribution in [-0.2, 0) is 0 Å². The minimum absolute atomic E-state index is 0.989. The summed E-state index contributed by atoms with van der Waals surface area (Å²) < 4.78 is 0. The summed E-state index contributed by atoms with van der Waals surface area (Å²) in [6.07, 6.45) is 13.3. The van der Waals surface area contributed by atoms with Crippen molar-refractivity contribution < 1.29 is 0 Å². The second kappa shape index (κ2) is 6.45. The summed E-state index contributed by atoms with van der Waals surface area (Å²) >= 11 is 0. The molecule has 1 saturated carbocycles. The highest BCUT2D eigenvalue weighted by molar-refractivity contribution is 4.69. The molecule has 1 aliphatic rings. The Balaban J connectivity index is 2.27. The first kappa shape index (κ1) is 11.1. The average Bonchev–Trinajstić information content (AvgIpc) is 2.03. The summed E-state index contributed by atoms with van der Waals surface area (Å²) in [6, 6.07) is 0. The van der Waals surface area contributed by atoms with E-state index in [1.807, 2.05) is 0 Å². The molecule has 0 spiro atoms. The molecule has 1 atom stereocenters. The molecule has 1 aliphatic carbocycles. The summed E-state index contributed by atoms with van der Waals surface area (Å²) in [4.78, 5) is 0. The maximum atomic E-state index is 2.47. The Hall–Kier alpha value is 0. The van der Waals surface area contributed by atoms with Crippen LogP contribution in [0.2, 0.25) is 0 Å². The van der Waals surface area contributed by atoms with Crippen LogP contribution < -0.4 is 0 Å². The van der Waals surface area contributed by atoms with Gasteiger partial charge in [0.25, 0.3) is 0 Å². The van der Waals surface area contributed by atoms with E-state index in [4.69, 9.17) is 0 Å². The molecule has 0 heterocycles. The Morgan fingerprint density at radius 1 is 1.00 bits per heavy atom. The number of rotatable bonds is 3. The fourth-order valence-corrected chi connectivity index (χ4v) is 2.75. The van der Waals surface area contributed by atoms with Gasteiger partial charge in [-0.05, 0) is 11.8 Å². The first-order valence-electron chi connectivity index (χ1n) is 6.34. The Morgan fingerprint density at radius 2 is 1.54 bits per heavy atom. The average molecular weight is 182 g/mol. The van der Waals surface area contributed by atoms with Gasteiger partial charge in [0.05, 0.1) is 0 Å². The van der Waals surface area contributed by atoms with E-state index in [-0.39, 0.29) is 0 Å². The van der Waals surface area contributed by atoms with E-state index in [1.54, 1.807) is 0 Å². The zero-order valence-electron chi connectivity index (χ0n) is 9.52. The van der Waals surface area contributed by atoms with Crippen molar-refractivity contribution in [1.29, 1.82) is 0 Å². The minimum atomic E-state index is 0.989. The van der Waals surface area contributed by atoms with Gasteiger partial charge in [-0.25, -0.2) is 0 Å². The second-order valence-corrected chi connectivity index (χ2v) is 4.87. The van der Waals surface area contributed by atoms with Crippen molar-refractivity contribution in [3.8, 4) is 0 Å². The molecule has 0 aromatic heterocycles. The van der Waals surface area contributed by atoms with Gasteiger partial charge in [0.2, 0.25) is 0 Å². The summed E-state index contributed by atoms with van der Waals surface area (Å²) in [6.45, 7) is 4.79. The smallest absolute Gasteiger partial charge is 0.0388 e. The van der Waals surface area contributed by atoms with Gasteiger partial charge in [-0.1, -0.05) is 71.6 Å². The molecule has 0 heteroatoms. The number of hydrogen-bond donors (Lipinski definition) is 0. The van der Waals surface area contributed by atoms with Gasteiger partial charge in [0, 0.05) is 0 Å². The molecule has 0 saturated heterocycles. The lowest BCUT2D eigenvalue weighted by Crippen LogP contribution is -2.13. The van der Waals surface area contributed by atoms with Gasteiger partial charge in [-0.2, -0.15) is 0 Å². The van der Waals surface area contributed by atoms with Gasteiger partial charge in [-0.15, -0.1) is 0 Å². The van der Waals surface area contributed by atoms with Crippen LogP contribution in [0.1, 0.15) is 71.6 Å². The third-order valence-electron chi connectivity index (χ3n) is 3.70. The summed E-state index contributed by atoms with van der Waals surface area (Å²) in [5, 5.41) is 0. The molecule has 0 nitrogen and oxygen atoms in total. The number of hydrogen-bond acceptors (Lipinski definition) is 0. The second-order valence-electron chi connectivity index (χ2n) is 4.87. The van der Waals surface area contributed by atoms with E-state index in [0.717, 1.165) is 11.8 Å². The molecule has 0 aromatic carbocycles. The molecule has 1 fully saturated rings. The molecular formula is C13H26. The van der Waals surface area contributed by atoms with Crippen molar-refractivity contribution >= 4 is 0 Å². The molecule has 1 unspecified atom stereocenters. The lowest BCUT2D eigenvalue weighted by molar-refractivity contribution is 0.267. The Labute approximate surface area is 84.1 Å². The largest absolute Gasteiger partial charge is 0.0654 e. The van der Waals surface area contributed by atoms with Crippen LogP contribution in [0.3, 0.4) is 0 Å². The summed E-state index contributed by atoms with van der Waals surface area (Å²) in [7, 11) is 0. The van der Waals surface area contributed by atoms with Crippen molar-refractivity contribution in [3.05, 3.63) is 0 Å². The van der Waals surface area contributed by atoms with Gasteiger partial charge < -0.3 is 0 Å². The van der Waals surface area contributed by atoms with E-state index in [9.17, 15) is 0 Å². The van der Waals surface area contributed by atoms with E-state index >= 15 is 0 Å². The van der Waals surface area contributed by atoms with E-state index < -0.39 is 0 Å². The molecule has 0 radical (unpaired) electrons. The summed E-state index contributed by atoms with van der Waals surface area (Å²) in [5.74, 6) is 2.04. The molecule has 0 aromatic rings. The monoisotopic (exact) mass is 182 g/mol. The Morgan fingerprint density at radius 3 is 2.08 bits per heavy atom. The van der Waals surface area contributed by atoms with Crippen molar-refractivity contribution in [2.75, 3.05) is 0 Å². The lowest BCUT2D eigenvalue weighted by Gasteiger charge is -2.25. The van der Waals surface area contributed by atoms with Crippen LogP contribution in [0.25, 0.3) is 0 Å². The van der Waals surface area contributed by atoms with Gasteiger partial charge in [0.1, 0.15) is 0 Å². The van der Waals surface area contributed by atoms with Crippen LogP contribution in [0, 0.1) is 11.8 Å². The van der Waals surface area contributed by atoms with Gasteiger partial charge in [-0.3, -0.25) is 0 Å². The first-order valence-corrected chi connectivity index (χ1v) is 6.34. The molecule has 13 heavy (non-hydrogen) atoms. The zero-order valence-corrected chi connectivity index (χ0v) is 9.52. The highest BCUT2D eigenvalue weighted by Gasteiger charge is 2.17. The van der Waals surface area contributed by atoms with Gasteiger partial charge in [0.15, 0.2) is 0 Å². The van der Waals surface area contributed by atoms with Crippen molar-refractivity contribution in [3.63, 3.8) is 0 Å². The first-order chi connectivity index (χ1) is 6.34. The normalized spacial score (nSPS) is 23.5. The molecule has 78 valence electrons. The van der Waals surface area contributed by atoms with Crippen LogP contribution >= 0.6 is 0 Å². The van der Waals surface area contributed by atoms with Crippen molar-refractivity contribution in [2.45, 2.75) is 71.6 Å². The quantitative estimate of drug-likeness (QED) is 0.589. The maximum Gasteiger partial charge on any atom is -0.0388 e. The predicted octanol–water partition coefficient (Wildman–Crippen LogP) is 4.78. The van der Waals surface area contributed by atoms with E-state index in [1.165, 1.54) is 57.8 Å². The standard InChI is InChI=1S/C13H26/c1-3-9-12(2)13-10-7-5-4-6-8-11-13/h12-13H,3-11H2,1-2H3. The fourth-order valence-electron chi connectivity index (χ4n) is 2.75. The van der Waals surface area contributed by atoms with E-state index in [0.29, 0.717) is 0 Å². The SMILES string of the molecule is CCCC(C)C1CCCCCCC1. The summed E-state index contributed by atoms with van der Waals surface area (Å²) in [5.41, 5.74) is 0. The van der Waals surface area contributed by atoms with Crippen LogP contribution in [0.5, 0.6) is 0 Å². The topological polar surface area (TPSA) is 0 Å². The molecule has 0 N–H and O–H groups in total. The predicted molar refractivity (Wildman–Crippen MR) is 59.9 cm³/mol. The molecule has 0 bridgehead atoms. The highest BCUT2D eigenvalue weighted by atomic mass is 14.2. The highest BCUT2D eigenvalue weighted by Crippen LogP contribution is 2.30. The Bertz CT molecular complexity index is 109. The third-order valence-corrected chi connectivity index (χ3v) is 3.70. The molecular weight excluding hydrogens is 156 g/mol. The molecule has 1 rings (SSSR count). The van der Waals surface area contributed by atoms with Gasteiger partial charge >= 0.3 is 0 Å². The van der Waals surface area contributed by atoms with Crippen molar-refractivity contribution in [2.24, 2.45) is 11.8 Å². The fraction of sp³-hybridized carbons (Fsp3) is 1.00. The maximum absolute atomic E-state index is 2.47. The van der Waals surface area contributed by atoms with Crippen LogP contribution in [0.15, 0.2) is 0 Å². The molecule has 0 aliphatic heterocycles. The minimum Gasteiger partial charge on any atom is -0.0654 e. The van der Waals surface area contributed by atoms with E-state index in [2.05, 4.69) is 13.8 Å².